The van der Waals surface area contributed by atoms with E-state index in [1.807, 2.05) is 30.3 Å². The van der Waals surface area contributed by atoms with Crippen LogP contribution in [0.15, 0.2) is 36.4 Å². The highest BCUT2D eigenvalue weighted by Gasteiger charge is 2.19. The number of aromatic nitrogens is 1. The quantitative estimate of drug-likeness (QED) is 0.748. The molecule has 3 N–H and O–H groups in total. The van der Waals surface area contributed by atoms with E-state index >= 15 is 0 Å². The molecule has 108 valence electrons. The van der Waals surface area contributed by atoms with E-state index in [4.69, 9.17) is 0 Å². The van der Waals surface area contributed by atoms with Crippen molar-refractivity contribution in [2.75, 3.05) is 6.54 Å². The van der Waals surface area contributed by atoms with Gasteiger partial charge in [-0.05, 0) is 30.0 Å². The molecule has 3 rings (SSSR count). The third-order valence-electron chi connectivity index (χ3n) is 3.56. The molecule has 1 aromatic heterocycles. The van der Waals surface area contributed by atoms with Crippen molar-refractivity contribution in [2.24, 2.45) is 0 Å². The molecule has 0 bridgehead atoms. The second-order valence-electron chi connectivity index (χ2n) is 5.19. The summed E-state index contributed by atoms with van der Waals surface area (Å²) in [4.78, 5) is 26.3. The van der Waals surface area contributed by atoms with Gasteiger partial charge in [0.25, 0.3) is 0 Å². The number of benzene rings is 1. The maximum Gasteiger partial charge on any atom is 0.244 e. The maximum absolute atomic E-state index is 11.9. The number of hydrogen-bond acceptors (Lipinski definition) is 2. The number of rotatable bonds is 3. The third kappa shape index (κ3) is 3.31. The van der Waals surface area contributed by atoms with Crippen LogP contribution in [0.1, 0.15) is 18.5 Å². The number of hydrogen-bond donors (Lipinski definition) is 3. The summed E-state index contributed by atoms with van der Waals surface area (Å²) in [6, 6.07) is 9.88. The monoisotopic (exact) mass is 283 g/mol. The molecule has 1 fully saturated rings. The molecular formula is C16H17N3O2. The summed E-state index contributed by atoms with van der Waals surface area (Å²) < 4.78 is 0. The molecule has 5 nitrogen and oxygen atoms in total. The first-order valence-electron chi connectivity index (χ1n) is 7.04. The van der Waals surface area contributed by atoms with E-state index in [9.17, 15) is 9.59 Å². The van der Waals surface area contributed by atoms with E-state index in [2.05, 4.69) is 15.6 Å². The fraction of sp³-hybridized carbons (Fsp3) is 0.250. The van der Waals surface area contributed by atoms with Crippen LogP contribution in [0.25, 0.3) is 17.0 Å². The lowest BCUT2D eigenvalue weighted by atomic mass is 10.1. The average molecular weight is 283 g/mol. The van der Waals surface area contributed by atoms with Gasteiger partial charge in [-0.2, -0.15) is 0 Å². The van der Waals surface area contributed by atoms with Gasteiger partial charge < -0.3 is 15.6 Å². The van der Waals surface area contributed by atoms with E-state index in [1.54, 1.807) is 6.08 Å². The molecule has 2 aromatic rings. The van der Waals surface area contributed by atoms with Crippen LogP contribution in [0.2, 0.25) is 0 Å². The molecule has 1 saturated heterocycles. The summed E-state index contributed by atoms with van der Waals surface area (Å²) in [5.74, 6) is -0.181. The van der Waals surface area contributed by atoms with Crippen molar-refractivity contribution in [2.45, 2.75) is 18.9 Å². The Labute approximate surface area is 122 Å². The summed E-state index contributed by atoms with van der Waals surface area (Å²) in [7, 11) is 0. The van der Waals surface area contributed by atoms with Crippen LogP contribution in [0.4, 0.5) is 0 Å². The average Bonchev–Trinajstić information content (AvgIpc) is 2.88. The molecule has 1 aliphatic rings. The van der Waals surface area contributed by atoms with Crippen LogP contribution >= 0.6 is 0 Å². The zero-order valence-electron chi connectivity index (χ0n) is 11.6. The van der Waals surface area contributed by atoms with Gasteiger partial charge in [0.1, 0.15) is 0 Å². The molecule has 0 aliphatic carbocycles. The number of piperidine rings is 1. The SMILES string of the molecule is O=C(C=Cc1cc2ccccc2[nH]1)NC1CCNC(=O)C1. The highest BCUT2D eigenvalue weighted by atomic mass is 16.2. The highest BCUT2D eigenvalue weighted by Crippen LogP contribution is 2.15. The molecule has 2 amide bonds. The van der Waals surface area contributed by atoms with E-state index in [1.165, 1.54) is 6.08 Å². The minimum Gasteiger partial charge on any atom is -0.356 e. The van der Waals surface area contributed by atoms with Gasteiger partial charge >= 0.3 is 0 Å². The van der Waals surface area contributed by atoms with Gasteiger partial charge in [0.2, 0.25) is 11.8 Å². The van der Waals surface area contributed by atoms with Crippen LogP contribution < -0.4 is 10.6 Å². The molecule has 0 radical (unpaired) electrons. The number of H-pyrrole nitrogens is 1. The van der Waals surface area contributed by atoms with Crippen LogP contribution in [0, 0.1) is 0 Å². The van der Waals surface area contributed by atoms with Gasteiger partial charge in [-0.15, -0.1) is 0 Å². The van der Waals surface area contributed by atoms with Crippen LogP contribution in [-0.2, 0) is 9.59 Å². The number of nitrogens with one attached hydrogen (secondary N) is 3. The van der Waals surface area contributed by atoms with Gasteiger partial charge in [0.15, 0.2) is 0 Å². The first-order valence-corrected chi connectivity index (χ1v) is 7.04. The largest absolute Gasteiger partial charge is 0.356 e. The van der Waals surface area contributed by atoms with E-state index in [0.29, 0.717) is 13.0 Å². The molecule has 5 heteroatoms. The summed E-state index contributed by atoms with van der Waals surface area (Å²) in [6.07, 6.45) is 4.37. The lowest BCUT2D eigenvalue weighted by Gasteiger charge is -2.22. The second kappa shape index (κ2) is 5.83. The number of carbonyl (C=O) groups is 2. The molecule has 1 unspecified atom stereocenters. The van der Waals surface area contributed by atoms with Crippen molar-refractivity contribution < 1.29 is 9.59 Å². The Morgan fingerprint density at radius 1 is 1.33 bits per heavy atom. The molecular weight excluding hydrogens is 266 g/mol. The number of amides is 2. The van der Waals surface area contributed by atoms with Crippen molar-refractivity contribution in [3.63, 3.8) is 0 Å². The van der Waals surface area contributed by atoms with Crippen molar-refractivity contribution in [3.05, 3.63) is 42.1 Å². The van der Waals surface area contributed by atoms with Gasteiger partial charge in [-0.3, -0.25) is 9.59 Å². The highest BCUT2D eigenvalue weighted by molar-refractivity contribution is 5.93. The molecule has 21 heavy (non-hydrogen) atoms. The third-order valence-corrected chi connectivity index (χ3v) is 3.56. The minimum absolute atomic E-state index is 0.00820. The number of aromatic amines is 1. The standard InChI is InChI=1S/C16H17N3O2/c20-15(19-13-7-8-17-16(21)10-13)6-5-12-9-11-3-1-2-4-14(11)18-12/h1-6,9,13,18H,7-8,10H2,(H,17,21)(H,19,20). The summed E-state index contributed by atoms with van der Waals surface area (Å²) in [5.41, 5.74) is 1.93. The number of fused-ring (bicyclic) bond motifs is 1. The van der Waals surface area contributed by atoms with Gasteiger partial charge in [0.05, 0.1) is 0 Å². The van der Waals surface area contributed by atoms with Gasteiger partial charge in [0, 0.05) is 36.3 Å². The van der Waals surface area contributed by atoms with Crippen LogP contribution in [-0.4, -0.2) is 29.4 Å². The Morgan fingerprint density at radius 3 is 3.00 bits per heavy atom. The zero-order chi connectivity index (χ0) is 14.7. The van der Waals surface area contributed by atoms with E-state index in [-0.39, 0.29) is 17.9 Å². The summed E-state index contributed by atoms with van der Waals surface area (Å²) in [5, 5.41) is 6.71. The topological polar surface area (TPSA) is 74.0 Å². The molecule has 1 atom stereocenters. The predicted molar refractivity (Wildman–Crippen MR) is 81.5 cm³/mol. The van der Waals surface area contributed by atoms with Crippen molar-refractivity contribution in [3.8, 4) is 0 Å². The Kier molecular flexibility index (Phi) is 3.73. The van der Waals surface area contributed by atoms with Crippen molar-refractivity contribution in [1.29, 1.82) is 0 Å². The minimum atomic E-state index is -0.173. The molecule has 0 spiro atoms. The van der Waals surface area contributed by atoms with E-state index < -0.39 is 0 Å². The first-order chi connectivity index (χ1) is 10.2. The smallest absolute Gasteiger partial charge is 0.244 e. The van der Waals surface area contributed by atoms with Crippen molar-refractivity contribution >= 4 is 28.8 Å². The molecule has 1 aromatic carbocycles. The predicted octanol–water partition coefficient (Wildman–Crippen LogP) is 1.58. The Morgan fingerprint density at radius 2 is 2.19 bits per heavy atom. The number of para-hydroxylation sites is 1. The zero-order valence-corrected chi connectivity index (χ0v) is 11.6. The van der Waals surface area contributed by atoms with Gasteiger partial charge in [-0.1, -0.05) is 18.2 Å². The van der Waals surface area contributed by atoms with E-state index in [0.717, 1.165) is 23.0 Å². The second-order valence-corrected chi connectivity index (χ2v) is 5.19. The van der Waals surface area contributed by atoms with Crippen LogP contribution in [0.5, 0.6) is 0 Å². The Hall–Kier alpha value is -2.56. The first kappa shape index (κ1) is 13.4. The maximum atomic E-state index is 11.9. The molecule has 1 aliphatic heterocycles. The fourth-order valence-electron chi connectivity index (χ4n) is 2.51. The Bertz CT molecular complexity index is 669. The van der Waals surface area contributed by atoms with Crippen molar-refractivity contribution in [1.82, 2.24) is 15.6 Å². The van der Waals surface area contributed by atoms with Crippen LogP contribution in [0.3, 0.4) is 0 Å². The normalized spacial score (nSPS) is 18.9. The lowest BCUT2D eigenvalue weighted by molar-refractivity contribution is -0.123. The lowest BCUT2D eigenvalue weighted by Crippen LogP contribution is -2.45. The fourth-order valence-corrected chi connectivity index (χ4v) is 2.51. The molecule has 0 saturated carbocycles. The molecule has 2 heterocycles. The Balaban J connectivity index is 1.62. The number of carbonyl (C=O) groups excluding carboxylic acids is 2. The van der Waals surface area contributed by atoms with Gasteiger partial charge in [-0.25, -0.2) is 0 Å². The summed E-state index contributed by atoms with van der Waals surface area (Å²) >= 11 is 0. The summed E-state index contributed by atoms with van der Waals surface area (Å²) in [6.45, 7) is 0.621.